The summed E-state index contributed by atoms with van der Waals surface area (Å²) in [6, 6.07) is 8.40. The van der Waals surface area contributed by atoms with Crippen molar-refractivity contribution in [2.75, 3.05) is 27.6 Å². The van der Waals surface area contributed by atoms with E-state index in [-0.39, 0.29) is 18.0 Å². The van der Waals surface area contributed by atoms with E-state index in [4.69, 9.17) is 18.9 Å². The summed E-state index contributed by atoms with van der Waals surface area (Å²) >= 11 is 1.69. The van der Waals surface area contributed by atoms with E-state index in [2.05, 4.69) is 24.5 Å². The molecule has 0 aliphatic heterocycles. The first-order chi connectivity index (χ1) is 15.6. The van der Waals surface area contributed by atoms with E-state index < -0.39 is 0 Å². The monoisotopic (exact) mass is 456 g/mol. The van der Waals surface area contributed by atoms with Gasteiger partial charge in [-0.2, -0.15) is 0 Å². The Morgan fingerprint density at radius 3 is 2.34 bits per heavy atom. The number of methoxy groups -OCH3 is 3. The van der Waals surface area contributed by atoms with Crippen LogP contribution in [0.2, 0.25) is 0 Å². The first-order valence-corrected chi connectivity index (χ1v) is 12.5. The van der Waals surface area contributed by atoms with Gasteiger partial charge in [0.1, 0.15) is 6.10 Å². The van der Waals surface area contributed by atoms with E-state index in [0.29, 0.717) is 17.2 Å². The summed E-state index contributed by atoms with van der Waals surface area (Å²) in [7, 11) is 4.91. The van der Waals surface area contributed by atoms with Gasteiger partial charge in [0.15, 0.2) is 11.5 Å². The molecule has 0 spiro atoms. The Bertz CT molecular complexity index is 981. The smallest absolute Gasteiger partial charge is 0.309 e. The lowest BCUT2D eigenvalue weighted by Gasteiger charge is -2.25. The van der Waals surface area contributed by atoms with Crippen LogP contribution in [-0.2, 0) is 16.0 Å². The molecule has 0 heterocycles. The van der Waals surface area contributed by atoms with Crippen molar-refractivity contribution in [2.24, 2.45) is 5.92 Å². The van der Waals surface area contributed by atoms with Gasteiger partial charge in [0, 0.05) is 16.0 Å². The van der Waals surface area contributed by atoms with Crippen molar-refractivity contribution in [3.63, 3.8) is 0 Å². The third kappa shape index (κ3) is 4.29. The number of ether oxygens (including phenoxy) is 4. The highest BCUT2D eigenvalue weighted by molar-refractivity contribution is 7.98. The van der Waals surface area contributed by atoms with E-state index in [1.807, 2.05) is 6.07 Å². The third-order valence-electron chi connectivity index (χ3n) is 6.66. The molecule has 6 heteroatoms. The number of rotatable bonds is 6. The van der Waals surface area contributed by atoms with Crippen LogP contribution in [0, 0.1) is 5.92 Å². The Balaban J connectivity index is 1.81. The van der Waals surface area contributed by atoms with Crippen LogP contribution >= 0.6 is 11.8 Å². The van der Waals surface area contributed by atoms with Crippen LogP contribution in [0.4, 0.5) is 0 Å². The molecule has 32 heavy (non-hydrogen) atoms. The summed E-state index contributed by atoms with van der Waals surface area (Å²) in [5.41, 5.74) is 4.15. The fourth-order valence-corrected chi connectivity index (χ4v) is 5.45. The summed E-state index contributed by atoms with van der Waals surface area (Å²) < 4.78 is 23.3. The number of carbonyl (C=O) groups excluding carboxylic acids is 1. The zero-order chi connectivity index (χ0) is 22.7. The predicted octanol–water partition coefficient (Wildman–Crippen LogP) is 6.21. The molecule has 0 radical (unpaired) electrons. The van der Waals surface area contributed by atoms with E-state index in [1.54, 1.807) is 33.1 Å². The number of benzene rings is 2. The Hall–Kier alpha value is -2.34. The molecule has 1 saturated carbocycles. The van der Waals surface area contributed by atoms with E-state index in [0.717, 1.165) is 65.7 Å². The summed E-state index contributed by atoms with van der Waals surface area (Å²) in [5, 5.41) is 0. The molecule has 1 atom stereocenters. The Kier molecular flexibility index (Phi) is 7.19. The molecule has 0 unspecified atom stereocenters. The fraction of sp³-hybridized carbons (Fsp3) is 0.500. The lowest BCUT2D eigenvalue weighted by molar-refractivity contribution is -0.156. The number of fused-ring (bicyclic) bond motifs is 3. The van der Waals surface area contributed by atoms with Gasteiger partial charge in [-0.1, -0.05) is 25.3 Å². The maximum Gasteiger partial charge on any atom is 0.309 e. The predicted molar refractivity (Wildman–Crippen MR) is 127 cm³/mol. The Morgan fingerprint density at radius 1 is 0.938 bits per heavy atom. The second kappa shape index (κ2) is 10.1. The molecule has 0 aromatic heterocycles. The van der Waals surface area contributed by atoms with Gasteiger partial charge in [-0.05, 0) is 61.3 Å². The minimum Gasteiger partial charge on any atom is -0.493 e. The summed E-state index contributed by atoms with van der Waals surface area (Å²) in [6.45, 7) is 0. The molecule has 1 fully saturated rings. The number of aryl methyl sites for hydroxylation is 1. The molecule has 0 bridgehead atoms. The van der Waals surface area contributed by atoms with Gasteiger partial charge in [0.2, 0.25) is 5.75 Å². The van der Waals surface area contributed by atoms with Crippen LogP contribution in [0.15, 0.2) is 29.2 Å². The number of thioether (sulfide) groups is 1. The molecule has 0 N–H and O–H groups in total. The van der Waals surface area contributed by atoms with Gasteiger partial charge in [0.25, 0.3) is 0 Å². The molecule has 5 nitrogen and oxygen atoms in total. The van der Waals surface area contributed by atoms with Crippen LogP contribution in [0.25, 0.3) is 11.1 Å². The quantitative estimate of drug-likeness (QED) is 0.380. The van der Waals surface area contributed by atoms with Crippen molar-refractivity contribution >= 4 is 17.7 Å². The first kappa shape index (κ1) is 22.8. The Labute approximate surface area is 194 Å². The fourth-order valence-electron chi connectivity index (χ4n) is 5.00. The van der Waals surface area contributed by atoms with Crippen LogP contribution in [-0.4, -0.2) is 33.6 Å². The van der Waals surface area contributed by atoms with Gasteiger partial charge in [-0.25, -0.2) is 0 Å². The van der Waals surface area contributed by atoms with Crippen molar-refractivity contribution in [1.29, 1.82) is 0 Å². The maximum atomic E-state index is 13.0. The van der Waals surface area contributed by atoms with Crippen molar-refractivity contribution < 1.29 is 23.7 Å². The zero-order valence-electron chi connectivity index (χ0n) is 19.4. The highest BCUT2D eigenvalue weighted by Crippen LogP contribution is 2.51. The second-order valence-corrected chi connectivity index (χ2v) is 9.31. The van der Waals surface area contributed by atoms with Crippen LogP contribution in [0.3, 0.4) is 0 Å². The van der Waals surface area contributed by atoms with E-state index >= 15 is 0 Å². The molecular formula is C26H32O5S. The van der Waals surface area contributed by atoms with Gasteiger partial charge in [-0.3, -0.25) is 4.79 Å². The summed E-state index contributed by atoms with van der Waals surface area (Å²) in [6.07, 6.45) is 8.54. The molecule has 2 aromatic carbocycles. The topological polar surface area (TPSA) is 54.0 Å². The van der Waals surface area contributed by atoms with Crippen LogP contribution in [0.1, 0.15) is 55.8 Å². The lowest BCUT2D eigenvalue weighted by atomic mass is 9.89. The molecule has 2 aliphatic rings. The number of hydrogen-bond donors (Lipinski definition) is 0. The number of esters is 1. The van der Waals surface area contributed by atoms with Crippen LogP contribution < -0.4 is 14.2 Å². The van der Waals surface area contributed by atoms with Gasteiger partial charge in [-0.15, -0.1) is 11.8 Å². The van der Waals surface area contributed by atoms with Gasteiger partial charge < -0.3 is 18.9 Å². The summed E-state index contributed by atoms with van der Waals surface area (Å²) in [4.78, 5) is 14.2. The average Bonchev–Trinajstić information content (AvgIpc) is 2.99. The highest BCUT2D eigenvalue weighted by Gasteiger charge is 2.32. The Morgan fingerprint density at radius 2 is 1.69 bits per heavy atom. The molecular weight excluding hydrogens is 424 g/mol. The summed E-state index contributed by atoms with van der Waals surface area (Å²) in [5.74, 6) is 1.84. The van der Waals surface area contributed by atoms with Gasteiger partial charge >= 0.3 is 5.97 Å². The molecule has 2 aliphatic carbocycles. The average molecular weight is 457 g/mol. The largest absolute Gasteiger partial charge is 0.493 e. The molecule has 2 aromatic rings. The number of carbonyl (C=O) groups is 1. The van der Waals surface area contributed by atoms with Crippen molar-refractivity contribution in [2.45, 2.75) is 55.9 Å². The molecule has 0 saturated heterocycles. The third-order valence-corrected chi connectivity index (χ3v) is 7.38. The van der Waals surface area contributed by atoms with E-state index in [9.17, 15) is 4.79 Å². The molecule has 172 valence electrons. The lowest BCUT2D eigenvalue weighted by Crippen LogP contribution is -2.22. The van der Waals surface area contributed by atoms with E-state index in [1.165, 1.54) is 6.42 Å². The maximum absolute atomic E-state index is 13.0. The standard InChI is InChI=1S/C26H32O5S/c1-28-22-14-17-10-13-21(31-26(27)16-8-6-5-7-9-16)20-15-18(32-4)11-12-19(20)23(17)25(30-3)24(22)29-2/h11-12,14-16,21H,5-10,13H2,1-4H3/t21-/m0/s1. The van der Waals surface area contributed by atoms with Gasteiger partial charge in [0.05, 0.1) is 27.2 Å². The molecule has 4 rings (SSSR count). The van der Waals surface area contributed by atoms with Crippen molar-refractivity contribution in [3.8, 4) is 28.4 Å². The minimum absolute atomic E-state index is 0.0243. The van der Waals surface area contributed by atoms with Crippen molar-refractivity contribution in [3.05, 3.63) is 35.4 Å². The normalized spacial score (nSPS) is 18.2. The zero-order valence-corrected chi connectivity index (χ0v) is 20.2. The highest BCUT2D eigenvalue weighted by atomic mass is 32.2. The van der Waals surface area contributed by atoms with Crippen LogP contribution in [0.5, 0.6) is 17.2 Å². The molecule has 0 amide bonds. The first-order valence-electron chi connectivity index (χ1n) is 11.3. The SMILES string of the molecule is COc1cc2c(c(OC)c1OC)-c1ccc(SC)cc1[C@@H](OC(=O)C1CCCCC1)CC2. The number of hydrogen-bond acceptors (Lipinski definition) is 6. The van der Waals surface area contributed by atoms with Crippen molar-refractivity contribution in [1.82, 2.24) is 0 Å². The minimum atomic E-state index is -0.291. The second-order valence-electron chi connectivity index (χ2n) is 8.43.